The fraction of sp³-hybridized carbons (Fsp3) is 0.533. The number of alkyl halides is 2. The molecule has 0 amide bonds. The number of aliphatic hydroxyl groups excluding tert-OH is 1. The molecule has 0 saturated carbocycles. The van der Waals surface area contributed by atoms with Gasteiger partial charge in [0.2, 0.25) is 0 Å². The van der Waals surface area contributed by atoms with Gasteiger partial charge in [0.1, 0.15) is 12.6 Å². The summed E-state index contributed by atoms with van der Waals surface area (Å²) in [6.45, 7) is 1.80. The fourth-order valence-corrected chi connectivity index (χ4v) is 2.69. The molecule has 0 aliphatic carbocycles. The Labute approximate surface area is 144 Å². The summed E-state index contributed by atoms with van der Waals surface area (Å²) in [5.74, 6) is -4.47. The Bertz CT molecular complexity index is 568. The molecule has 1 aromatic carbocycles. The van der Waals surface area contributed by atoms with E-state index in [4.69, 9.17) is 9.84 Å². The van der Waals surface area contributed by atoms with E-state index >= 15 is 0 Å². The first-order chi connectivity index (χ1) is 10.8. The Morgan fingerprint density at radius 2 is 2.04 bits per heavy atom. The molecule has 1 aromatic rings. The predicted octanol–water partition coefficient (Wildman–Crippen LogP) is 1.31. The van der Waals surface area contributed by atoms with Crippen LogP contribution in [0.5, 0.6) is 11.5 Å². The van der Waals surface area contributed by atoms with Crippen LogP contribution in [0.4, 0.5) is 8.78 Å². The van der Waals surface area contributed by atoms with Crippen LogP contribution in [0.15, 0.2) is 18.2 Å². The molecule has 0 spiro atoms. The zero-order chi connectivity index (χ0) is 17.0. The topological polar surface area (TPSA) is 82.0 Å². The van der Waals surface area contributed by atoms with Crippen LogP contribution in [-0.2, 0) is 4.79 Å². The summed E-state index contributed by atoms with van der Waals surface area (Å²) in [7, 11) is 0. The van der Waals surface area contributed by atoms with Crippen molar-refractivity contribution in [2.24, 2.45) is 0 Å². The third kappa shape index (κ3) is 4.76. The molecule has 1 heterocycles. The number of piperazine rings is 1. The number of rotatable bonds is 5. The number of aromatic hydroxyl groups is 1. The van der Waals surface area contributed by atoms with Crippen LogP contribution < -0.4 is 10.1 Å². The standard InChI is InChI=1S/C15H20F2N2O4.ClH/c1-10(21)23-13-3-2-11(8-12(13)22)14(15(16,17)9-20)19-6-4-18-5-7-19;/h2-3,8,14,18,20,22H,4-7,9H2,1H3;1H/t14-;/m1./s1. The van der Waals surface area contributed by atoms with Crippen molar-refractivity contribution in [1.29, 1.82) is 0 Å². The van der Waals surface area contributed by atoms with Gasteiger partial charge >= 0.3 is 5.97 Å². The van der Waals surface area contributed by atoms with Gasteiger partial charge in [0, 0.05) is 33.1 Å². The Morgan fingerprint density at radius 1 is 1.42 bits per heavy atom. The van der Waals surface area contributed by atoms with E-state index in [0.717, 1.165) is 6.07 Å². The number of nitrogens with one attached hydrogen (secondary N) is 1. The van der Waals surface area contributed by atoms with Gasteiger partial charge in [0.05, 0.1) is 0 Å². The van der Waals surface area contributed by atoms with Crippen LogP contribution in [0.1, 0.15) is 18.5 Å². The molecule has 2 rings (SSSR count). The Morgan fingerprint density at radius 3 is 2.54 bits per heavy atom. The first kappa shape index (κ1) is 20.6. The van der Waals surface area contributed by atoms with Gasteiger partial charge < -0.3 is 20.3 Å². The van der Waals surface area contributed by atoms with Crippen LogP contribution >= 0.6 is 12.4 Å². The zero-order valence-corrected chi connectivity index (χ0v) is 14.0. The van der Waals surface area contributed by atoms with Crippen molar-refractivity contribution in [1.82, 2.24) is 10.2 Å². The highest BCUT2D eigenvalue weighted by Gasteiger charge is 2.44. The molecule has 1 aliphatic rings. The van der Waals surface area contributed by atoms with Gasteiger partial charge in [-0.1, -0.05) is 6.07 Å². The predicted molar refractivity (Wildman–Crippen MR) is 85.9 cm³/mol. The van der Waals surface area contributed by atoms with Crippen LogP contribution in [0.25, 0.3) is 0 Å². The maximum atomic E-state index is 14.3. The van der Waals surface area contributed by atoms with E-state index in [1.807, 2.05) is 0 Å². The van der Waals surface area contributed by atoms with E-state index in [0.29, 0.717) is 26.2 Å². The van der Waals surface area contributed by atoms with Gasteiger partial charge in [-0.15, -0.1) is 12.4 Å². The van der Waals surface area contributed by atoms with Crippen molar-refractivity contribution in [3.63, 3.8) is 0 Å². The average Bonchev–Trinajstić information content (AvgIpc) is 2.50. The van der Waals surface area contributed by atoms with Gasteiger partial charge in [0.25, 0.3) is 5.92 Å². The molecule has 24 heavy (non-hydrogen) atoms. The molecular weight excluding hydrogens is 346 g/mol. The number of halogens is 3. The number of carbonyl (C=O) groups is 1. The van der Waals surface area contributed by atoms with Gasteiger partial charge in [-0.2, -0.15) is 0 Å². The highest BCUT2D eigenvalue weighted by Crippen LogP contribution is 2.39. The summed E-state index contributed by atoms with van der Waals surface area (Å²) in [6, 6.07) is 2.42. The lowest BCUT2D eigenvalue weighted by atomic mass is 9.97. The third-order valence-electron chi connectivity index (χ3n) is 3.68. The van der Waals surface area contributed by atoms with Crippen LogP contribution in [-0.4, -0.2) is 59.8 Å². The second-order valence-corrected chi connectivity index (χ2v) is 5.43. The van der Waals surface area contributed by atoms with E-state index in [9.17, 15) is 18.7 Å². The van der Waals surface area contributed by atoms with Crippen molar-refractivity contribution in [3.05, 3.63) is 23.8 Å². The number of hydrogen-bond donors (Lipinski definition) is 3. The van der Waals surface area contributed by atoms with Crippen LogP contribution in [0, 0.1) is 0 Å². The number of esters is 1. The third-order valence-corrected chi connectivity index (χ3v) is 3.68. The maximum Gasteiger partial charge on any atom is 0.308 e. The number of phenols is 1. The van der Waals surface area contributed by atoms with E-state index in [-0.39, 0.29) is 23.7 Å². The number of aliphatic hydroxyl groups is 1. The highest BCUT2D eigenvalue weighted by molar-refractivity contribution is 5.85. The minimum Gasteiger partial charge on any atom is -0.504 e. The molecule has 0 bridgehead atoms. The monoisotopic (exact) mass is 366 g/mol. The molecular formula is C15H21ClF2N2O4. The largest absolute Gasteiger partial charge is 0.504 e. The van der Waals surface area contributed by atoms with Gasteiger partial charge in [-0.3, -0.25) is 9.69 Å². The van der Waals surface area contributed by atoms with Gasteiger partial charge in [-0.25, -0.2) is 8.78 Å². The van der Waals surface area contributed by atoms with Crippen LogP contribution in [0.2, 0.25) is 0 Å². The fourth-order valence-electron chi connectivity index (χ4n) is 2.69. The molecule has 136 valence electrons. The van der Waals surface area contributed by atoms with E-state index < -0.39 is 30.3 Å². The Balaban J connectivity index is 0.00000288. The molecule has 0 radical (unpaired) electrons. The Hall–Kier alpha value is -1.48. The summed E-state index contributed by atoms with van der Waals surface area (Å²) >= 11 is 0. The maximum absolute atomic E-state index is 14.3. The van der Waals surface area contributed by atoms with Gasteiger partial charge in [0.15, 0.2) is 11.5 Å². The van der Waals surface area contributed by atoms with Crippen molar-refractivity contribution >= 4 is 18.4 Å². The number of nitrogens with zero attached hydrogens (tertiary/aromatic N) is 1. The molecule has 6 nitrogen and oxygen atoms in total. The highest BCUT2D eigenvalue weighted by atomic mass is 35.5. The number of benzene rings is 1. The first-order valence-corrected chi connectivity index (χ1v) is 7.30. The van der Waals surface area contributed by atoms with Crippen molar-refractivity contribution < 1.29 is 28.5 Å². The smallest absolute Gasteiger partial charge is 0.308 e. The quantitative estimate of drug-likeness (QED) is 0.538. The summed E-state index contributed by atoms with van der Waals surface area (Å²) < 4.78 is 33.3. The summed E-state index contributed by atoms with van der Waals surface area (Å²) in [5, 5.41) is 22.1. The van der Waals surface area contributed by atoms with E-state index in [1.165, 1.54) is 19.1 Å². The minimum absolute atomic E-state index is 0. The SMILES string of the molecule is CC(=O)Oc1ccc([C@@H](N2CCNCC2)C(F)(F)CO)cc1O.Cl. The summed E-state index contributed by atoms with van der Waals surface area (Å²) in [6.07, 6.45) is 0. The lowest BCUT2D eigenvalue weighted by Gasteiger charge is -2.38. The molecule has 0 aromatic heterocycles. The lowest BCUT2D eigenvalue weighted by molar-refractivity contribution is -0.132. The molecule has 0 unspecified atom stereocenters. The second kappa shape index (κ2) is 8.57. The van der Waals surface area contributed by atoms with E-state index in [2.05, 4.69) is 5.32 Å². The molecule has 9 heteroatoms. The van der Waals surface area contributed by atoms with Crippen molar-refractivity contribution in [3.8, 4) is 11.5 Å². The van der Waals surface area contributed by atoms with E-state index in [1.54, 1.807) is 4.90 Å². The molecule has 1 atom stereocenters. The lowest BCUT2D eigenvalue weighted by Crippen LogP contribution is -2.51. The minimum atomic E-state index is -3.37. The number of carbonyl (C=O) groups excluding carboxylic acids is 1. The number of hydrogen-bond acceptors (Lipinski definition) is 6. The number of phenolic OH excluding ortho intramolecular Hbond substituents is 1. The molecule has 1 fully saturated rings. The van der Waals surface area contributed by atoms with Gasteiger partial charge in [-0.05, 0) is 17.7 Å². The summed E-state index contributed by atoms with van der Waals surface area (Å²) in [5.41, 5.74) is 0.152. The van der Waals surface area contributed by atoms with Crippen molar-refractivity contribution in [2.45, 2.75) is 18.9 Å². The zero-order valence-electron chi connectivity index (χ0n) is 13.2. The molecule has 1 saturated heterocycles. The molecule has 3 N–H and O–H groups in total. The second-order valence-electron chi connectivity index (χ2n) is 5.43. The Kier molecular flexibility index (Phi) is 7.34. The average molecular weight is 367 g/mol. The number of ether oxygens (including phenoxy) is 1. The summed E-state index contributed by atoms with van der Waals surface area (Å²) in [4.78, 5) is 12.5. The molecule has 1 aliphatic heterocycles. The first-order valence-electron chi connectivity index (χ1n) is 7.30. The van der Waals surface area contributed by atoms with Crippen LogP contribution in [0.3, 0.4) is 0 Å². The normalized spacial score (nSPS) is 17.0. The van der Waals surface area contributed by atoms with Crippen molar-refractivity contribution in [2.75, 3.05) is 32.8 Å².